The predicted molar refractivity (Wildman–Crippen MR) is 300 cm³/mol. The Hall–Kier alpha value is -1.27. The summed E-state index contributed by atoms with van der Waals surface area (Å²) in [6.07, 6.45) is 38.2. The van der Waals surface area contributed by atoms with Gasteiger partial charge in [-0.05, 0) is 19.3 Å². The number of hydrogen-bond acceptors (Lipinski definition) is 13. The summed E-state index contributed by atoms with van der Waals surface area (Å²) in [4.78, 5) is 13.3. The van der Waals surface area contributed by atoms with E-state index in [0.717, 1.165) is 38.5 Å². The first-order valence-corrected chi connectivity index (χ1v) is 31.4. The first kappa shape index (κ1) is 69.8. The lowest BCUT2D eigenvalue weighted by atomic mass is 9.97. The smallest absolute Gasteiger partial charge is 0.220 e. The van der Waals surface area contributed by atoms with Gasteiger partial charge in [-0.1, -0.05) is 264 Å². The lowest BCUT2D eigenvalue weighted by molar-refractivity contribution is -0.359. The molecule has 0 aromatic heterocycles. The van der Waals surface area contributed by atoms with Gasteiger partial charge in [0.15, 0.2) is 12.6 Å². The maximum atomic E-state index is 13.3. The first-order chi connectivity index (χ1) is 36.6. The number of hydrogen-bond donors (Lipinski definition) is 9. The second kappa shape index (κ2) is 47.5. The minimum atomic E-state index is -1.79. The molecule has 0 saturated carbocycles. The molecule has 2 saturated heterocycles. The normalized spacial score (nSPS) is 25.0. The van der Waals surface area contributed by atoms with E-state index in [2.05, 4.69) is 19.2 Å². The molecule has 0 aromatic carbocycles. The van der Waals surface area contributed by atoms with Gasteiger partial charge in [-0.25, -0.2) is 0 Å². The summed E-state index contributed by atoms with van der Waals surface area (Å²) in [6.45, 7) is 2.84. The lowest BCUT2D eigenvalue weighted by Crippen LogP contribution is -2.65. The number of rotatable bonds is 51. The Kier molecular flexibility index (Phi) is 44.3. The maximum absolute atomic E-state index is 13.3. The molecular weight excluding hydrogens is 955 g/mol. The number of allylic oxidation sites excluding steroid dienone is 1. The van der Waals surface area contributed by atoms with Crippen LogP contribution in [0, 0.1) is 0 Å². The quantitative estimate of drug-likeness (QED) is 0.0204. The molecule has 2 fully saturated rings. The Bertz CT molecular complexity index is 1310. The molecule has 1 amide bonds. The fourth-order valence-corrected chi connectivity index (χ4v) is 10.6. The van der Waals surface area contributed by atoms with Crippen LogP contribution in [0.5, 0.6) is 0 Å². The van der Waals surface area contributed by atoms with Crippen molar-refractivity contribution < 1.29 is 64.6 Å². The van der Waals surface area contributed by atoms with Gasteiger partial charge in [0.25, 0.3) is 0 Å². The monoisotopic (exact) mass is 1070 g/mol. The zero-order valence-electron chi connectivity index (χ0n) is 47.8. The van der Waals surface area contributed by atoms with E-state index < -0.39 is 86.8 Å². The second-order valence-corrected chi connectivity index (χ2v) is 22.6. The third kappa shape index (κ3) is 33.2. The maximum Gasteiger partial charge on any atom is 0.220 e. The molecule has 2 aliphatic rings. The third-order valence-corrected chi connectivity index (χ3v) is 15.7. The number of aliphatic hydroxyl groups excluding tert-OH is 8. The van der Waals surface area contributed by atoms with Crippen molar-refractivity contribution >= 4 is 5.91 Å². The minimum Gasteiger partial charge on any atom is -0.394 e. The van der Waals surface area contributed by atoms with Crippen LogP contribution in [-0.2, 0) is 23.7 Å². The molecule has 0 aromatic rings. The Morgan fingerprint density at radius 3 is 1.23 bits per heavy atom. The molecule has 12 atom stereocenters. The van der Waals surface area contributed by atoms with Gasteiger partial charge in [0.1, 0.15) is 48.8 Å². The van der Waals surface area contributed by atoms with E-state index in [1.165, 1.54) is 212 Å². The molecule has 2 heterocycles. The van der Waals surface area contributed by atoms with Crippen molar-refractivity contribution in [2.75, 3.05) is 19.8 Å². The fourth-order valence-electron chi connectivity index (χ4n) is 10.6. The van der Waals surface area contributed by atoms with E-state index in [0.29, 0.717) is 6.42 Å². The van der Waals surface area contributed by atoms with Crippen molar-refractivity contribution in [2.24, 2.45) is 0 Å². The first-order valence-electron chi connectivity index (χ1n) is 31.4. The van der Waals surface area contributed by atoms with Crippen LogP contribution in [0.3, 0.4) is 0 Å². The van der Waals surface area contributed by atoms with Gasteiger partial charge in [-0.15, -0.1) is 0 Å². The number of ether oxygens (including phenoxy) is 4. The SMILES string of the molecule is CCCCCCCCCCCCCCCCCCC/C=C/C(O)C(COC1OC(CO)C(OC2OC(CO)C(O)C(O)C2O)C(O)C1O)NC(=O)CCCCCCCCCCCCCCCCCCCCCCCC. The van der Waals surface area contributed by atoms with Crippen LogP contribution in [0.15, 0.2) is 12.2 Å². The predicted octanol–water partition coefficient (Wildman–Crippen LogP) is 11.1. The fraction of sp³-hybridized carbons (Fsp3) is 0.951. The molecule has 14 heteroatoms. The Morgan fingerprint density at radius 2 is 0.827 bits per heavy atom. The van der Waals surface area contributed by atoms with E-state index in [1.807, 2.05) is 6.08 Å². The molecule has 0 radical (unpaired) electrons. The van der Waals surface area contributed by atoms with Crippen LogP contribution in [0.2, 0.25) is 0 Å². The van der Waals surface area contributed by atoms with Crippen LogP contribution >= 0.6 is 0 Å². The number of carbonyl (C=O) groups is 1. The number of nitrogens with one attached hydrogen (secondary N) is 1. The average molecular weight is 1070 g/mol. The summed E-state index contributed by atoms with van der Waals surface area (Å²) < 4.78 is 22.8. The van der Waals surface area contributed by atoms with Crippen LogP contribution < -0.4 is 5.32 Å². The van der Waals surface area contributed by atoms with Crippen LogP contribution in [0.1, 0.15) is 277 Å². The summed E-state index contributed by atoms with van der Waals surface area (Å²) in [6, 6.07) is -0.910. The molecule has 9 N–H and O–H groups in total. The minimum absolute atomic E-state index is 0.233. The van der Waals surface area contributed by atoms with E-state index in [9.17, 15) is 45.6 Å². The van der Waals surface area contributed by atoms with Crippen molar-refractivity contribution in [1.29, 1.82) is 0 Å². The highest BCUT2D eigenvalue weighted by Crippen LogP contribution is 2.30. The van der Waals surface area contributed by atoms with E-state index in [-0.39, 0.29) is 18.9 Å². The molecule has 75 heavy (non-hydrogen) atoms. The largest absolute Gasteiger partial charge is 0.394 e. The van der Waals surface area contributed by atoms with Crippen molar-refractivity contribution in [2.45, 2.75) is 351 Å². The van der Waals surface area contributed by atoms with Crippen molar-refractivity contribution in [1.82, 2.24) is 5.32 Å². The van der Waals surface area contributed by atoms with Gasteiger partial charge in [-0.2, -0.15) is 0 Å². The average Bonchev–Trinajstić information content (AvgIpc) is 3.41. The van der Waals surface area contributed by atoms with Gasteiger partial charge >= 0.3 is 0 Å². The zero-order chi connectivity index (χ0) is 54.6. The Morgan fingerprint density at radius 1 is 0.467 bits per heavy atom. The van der Waals surface area contributed by atoms with E-state index >= 15 is 0 Å². The van der Waals surface area contributed by atoms with E-state index in [4.69, 9.17) is 18.9 Å². The number of carbonyl (C=O) groups excluding carboxylic acids is 1. The highest BCUT2D eigenvalue weighted by Gasteiger charge is 2.51. The van der Waals surface area contributed by atoms with Crippen LogP contribution in [0.4, 0.5) is 0 Å². The topological polar surface area (TPSA) is 228 Å². The van der Waals surface area contributed by atoms with Crippen LogP contribution in [-0.4, -0.2) is 140 Å². The van der Waals surface area contributed by atoms with Gasteiger partial charge in [0.2, 0.25) is 5.91 Å². The van der Waals surface area contributed by atoms with Crippen molar-refractivity contribution in [3.8, 4) is 0 Å². The Balaban J connectivity index is 1.74. The van der Waals surface area contributed by atoms with Gasteiger partial charge in [0.05, 0.1) is 32.0 Å². The summed E-state index contributed by atoms with van der Waals surface area (Å²) in [5.74, 6) is -0.233. The van der Waals surface area contributed by atoms with Crippen LogP contribution in [0.25, 0.3) is 0 Å². The highest BCUT2D eigenvalue weighted by atomic mass is 16.7. The van der Waals surface area contributed by atoms with Gasteiger partial charge in [-0.3, -0.25) is 4.79 Å². The summed E-state index contributed by atoms with van der Waals surface area (Å²) in [5, 5.41) is 87.2. The highest BCUT2D eigenvalue weighted by molar-refractivity contribution is 5.76. The number of amides is 1. The molecule has 12 unspecified atom stereocenters. The molecule has 14 nitrogen and oxygen atoms in total. The third-order valence-electron chi connectivity index (χ3n) is 15.7. The van der Waals surface area contributed by atoms with E-state index in [1.54, 1.807) is 6.08 Å². The zero-order valence-corrected chi connectivity index (χ0v) is 47.8. The van der Waals surface area contributed by atoms with Crippen molar-refractivity contribution in [3.05, 3.63) is 12.2 Å². The molecular formula is C61H117NO13. The summed E-state index contributed by atoms with van der Waals surface area (Å²) in [5.41, 5.74) is 0. The second-order valence-electron chi connectivity index (χ2n) is 22.6. The Labute approximate surface area is 456 Å². The summed E-state index contributed by atoms with van der Waals surface area (Å²) >= 11 is 0. The molecule has 0 bridgehead atoms. The number of unbranched alkanes of at least 4 members (excludes halogenated alkanes) is 38. The van der Waals surface area contributed by atoms with Gasteiger partial charge < -0.3 is 65.1 Å². The molecule has 2 rings (SSSR count). The van der Waals surface area contributed by atoms with Gasteiger partial charge in [0, 0.05) is 6.42 Å². The lowest BCUT2D eigenvalue weighted by Gasteiger charge is -2.46. The molecule has 2 aliphatic heterocycles. The molecule has 444 valence electrons. The van der Waals surface area contributed by atoms with Crippen molar-refractivity contribution in [3.63, 3.8) is 0 Å². The standard InChI is InChI=1S/C61H117NO13/c1-3-5-7-9-11-13-15-17-19-21-23-24-25-27-29-31-33-35-37-39-41-43-45-53(66)62-49(50(65)44-42-40-38-36-34-32-30-28-26-22-20-18-16-14-12-10-8-6-4-2)48-72-60-58(71)56(69)59(52(47-64)74-60)75-61-57(70)55(68)54(67)51(46-63)73-61/h42,44,49-52,54-61,63-65,67-71H,3-41,43,45-48H2,1-2H3,(H,62,66)/b44-42+. The molecule has 0 spiro atoms. The number of aliphatic hydroxyl groups is 8. The molecule has 0 aliphatic carbocycles. The summed E-state index contributed by atoms with van der Waals surface area (Å²) in [7, 11) is 0.